The highest BCUT2D eigenvalue weighted by Crippen LogP contribution is 2.19. The van der Waals surface area contributed by atoms with Crippen LogP contribution in [-0.2, 0) is 10.0 Å². The number of nitrogens with zero attached hydrogens (tertiary/aromatic N) is 2. The van der Waals surface area contributed by atoms with E-state index in [1.807, 2.05) is 13.8 Å². The van der Waals surface area contributed by atoms with Gasteiger partial charge in [0.2, 0.25) is 10.0 Å². The predicted octanol–water partition coefficient (Wildman–Crippen LogP) is 3.59. The molecule has 1 rings (SSSR count). The van der Waals surface area contributed by atoms with Crippen LogP contribution in [0, 0.1) is 5.92 Å². The Labute approximate surface area is 176 Å². The molecule has 1 unspecified atom stereocenters. The molecular weight excluding hydrogens is 388 g/mol. The zero-order valence-corrected chi connectivity index (χ0v) is 19.7. The molecule has 29 heavy (non-hydrogen) atoms. The number of urea groups is 1. The van der Waals surface area contributed by atoms with Gasteiger partial charge >= 0.3 is 6.03 Å². The van der Waals surface area contributed by atoms with E-state index < -0.39 is 10.0 Å². The molecule has 166 valence electrons. The van der Waals surface area contributed by atoms with Crippen molar-refractivity contribution in [2.45, 2.75) is 64.9 Å². The van der Waals surface area contributed by atoms with Crippen LogP contribution in [0.15, 0.2) is 29.2 Å². The lowest BCUT2D eigenvalue weighted by Crippen LogP contribution is -2.45. The van der Waals surface area contributed by atoms with Crippen molar-refractivity contribution < 1.29 is 13.2 Å². The summed E-state index contributed by atoms with van der Waals surface area (Å²) in [6, 6.07) is 6.11. The van der Waals surface area contributed by atoms with E-state index in [1.165, 1.54) is 16.4 Å². The maximum atomic E-state index is 12.5. The number of hydrogen-bond acceptors (Lipinski definition) is 4. The Morgan fingerprint density at radius 2 is 1.59 bits per heavy atom. The van der Waals surface area contributed by atoms with Crippen LogP contribution in [-0.4, -0.2) is 62.4 Å². The molecule has 0 saturated heterocycles. The van der Waals surface area contributed by atoms with Gasteiger partial charge in [-0.2, -0.15) is 4.31 Å². The number of rotatable bonds is 11. The van der Waals surface area contributed by atoms with Crippen LogP contribution in [0.25, 0.3) is 0 Å². The summed E-state index contributed by atoms with van der Waals surface area (Å²) in [6.45, 7) is 14.7. The lowest BCUT2D eigenvalue weighted by Gasteiger charge is -2.31. The first kappa shape index (κ1) is 25.4. The second-order valence-electron chi connectivity index (χ2n) is 7.98. The van der Waals surface area contributed by atoms with Gasteiger partial charge in [0, 0.05) is 31.4 Å². The van der Waals surface area contributed by atoms with Crippen molar-refractivity contribution in [2.24, 2.45) is 5.92 Å². The fourth-order valence-electron chi connectivity index (χ4n) is 3.19. The van der Waals surface area contributed by atoms with Gasteiger partial charge in [0.05, 0.1) is 4.90 Å². The first-order valence-electron chi connectivity index (χ1n) is 10.4. The third-order valence-corrected chi connectivity index (χ3v) is 7.13. The number of amides is 2. The van der Waals surface area contributed by atoms with Crippen molar-refractivity contribution in [3.8, 4) is 0 Å². The molecular formula is C21H38N4O3S. The van der Waals surface area contributed by atoms with Crippen molar-refractivity contribution in [1.82, 2.24) is 14.5 Å². The first-order valence-corrected chi connectivity index (χ1v) is 11.8. The molecule has 2 amide bonds. The van der Waals surface area contributed by atoms with Crippen molar-refractivity contribution in [2.75, 3.05) is 32.0 Å². The summed E-state index contributed by atoms with van der Waals surface area (Å²) in [4.78, 5) is 14.9. The lowest BCUT2D eigenvalue weighted by molar-refractivity contribution is 0.186. The second-order valence-corrected chi connectivity index (χ2v) is 9.98. The molecule has 0 saturated carbocycles. The number of nitrogens with one attached hydrogen (secondary N) is 2. The normalized spacial score (nSPS) is 13.3. The van der Waals surface area contributed by atoms with Gasteiger partial charge in [-0.3, -0.25) is 4.90 Å². The van der Waals surface area contributed by atoms with Gasteiger partial charge in [-0.25, -0.2) is 13.2 Å². The minimum atomic E-state index is -3.53. The zero-order chi connectivity index (χ0) is 22.2. The van der Waals surface area contributed by atoms with Crippen molar-refractivity contribution in [1.29, 1.82) is 0 Å². The SMILES string of the molecule is CCN(CC)C(CNC(=O)Nc1ccc(S(=O)(=O)N(C)C(C)C)cc1)CC(C)C. The van der Waals surface area contributed by atoms with Crippen LogP contribution in [0.1, 0.15) is 48.0 Å². The largest absolute Gasteiger partial charge is 0.336 e. The Morgan fingerprint density at radius 1 is 1.03 bits per heavy atom. The van der Waals surface area contributed by atoms with Crippen molar-refractivity contribution in [3.63, 3.8) is 0 Å². The minimum Gasteiger partial charge on any atom is -0.336 e. The number of carbonyl (C=O) groups is 1. The van der Waals surface area contributed by atoms with Gasteiger partial charge in [-0.05, 0) is 63.5 Å². The lowest BCUT2D eigenvalue weighted by atomic mass is 10.0. The maximum Gasteiger partial charge on any atom is 0.319 e. The van der Waals surface area contributed by atoms with Crippen LogP contribution >= 0.6 is 0 Å². The van der Waals surface area contributed by atoms with E-state index in [0.29, 0.717) is 18.2 Å². The quantitative estimate of drug-likeness (QED) is 0.566. The van der Waals surface area contributed by atoms with E-state index in [0.717, 1.165) is 19.5 Å². The first-order chi connectivity index (χ1) is 13.5. The Morgan fingerprint density at radius 3 is 2.03 bits per heavy atom. The number of anilines is 1. The number of carbonyl (C=O) groups excluding carboxylic acids is 1. The average Bonchev–Trinajstić information content (AvgIpc) is 2.66. The molecule has 0 aliphatic carbocycles. The third kappa shape index (κ3) is 7.60. The number of likely N-dealkylation sites (N-methyl/N-ethyl adjacent to an activating group) is 1. The Bertz CT molecular complexity index is 729. The molecule has 1 atom stereocenters. The van der Waals surface area contributed by atoms with Gasteiger partial charge < -0.3 is 10.6 Å². The highest BCUT2D eigenvalue weighted by atomic mass is 32.2. The summed E-state index contributed by atoms with van der Waals surface area (Å²) in [7, 11) is -1.97. The fraction of sp³-hybridized carbons (Fsp3) is 0.667. The number of hydrogen-bond donors (Lipinski definition) is 2. The molecule has 0 fully saturated rings. The smallest absolute Gasteiger partial charge is 0.319 e. The monoisotopic (exact) mass is 426 g/mol. The van der Waals surface area contributed by atoms with E-state index in [2.05, 4.69) is 43.2 Å². The predicted molar refractivity (Wildman–Crippen MR) is 120 cm³/mol. The molecule has 0 spiro atoms. The standard InChI is InChI=1S/C21H38N4O3S/c1-8-25(9-2)19(14-16(3)4)15-22-21(26)23-18-10-12-20(13-11-18)29(27,28)24(7)17(5)6/h10-13,16-17,19H,8-9,14-15H2,1-7H3,(H2,22,23,26). The fourth-order valence-corrected chi connectivity index (χ4v) is 4.55. The van der Waals surface area contributed by atoms with Crippen molar-refractivity contribution >= 4 is 21.7 Å². The van der Waals surface area contributed by atoms with Crippen LogP contribution in [0.3, 0.4) is 0 Å². The molecule has 1 aromatic carbocycles. The summed E-state index contributed by atoms with van der Waals surface area (Å²) >= 11 is 0. The molecule has 0 aliphatic rings. The van der Waals surface area contributed by atoms with E-state index in [1.54, 1.807) is 19.2 Å². The molecule has 7 nitrogen and oxygen atoms in total. The molecule has 8 heteroatoms. The number of sulfonamides is 1. The molecule has 1 aromatic rings. The van der Waals surface area contributed by atoms with Gasteiger partial charge in [0.15, 0.2) is 0 Å². The molecule has 0 heterocycles. The van der Waals surface area contributed by atoms with Gasteiger partial charge in [-0.15, -0.1) is 0 Å². The average molecular weight is 427 g/mol. The molecule has 0 radical (unpaired) electrons. The van der Waals surface area contributed by atoms with Gasteiger partial charge in [0.25, 0.3) is 0 Å². The zero-order valence-electron chi connectivity index (χ0n) is 18.9. The molecule has 0 bridgehead atoms. The van der Waals surface area contributed by atoms with E-state index in [-0.39, 0.29) is 23.0 Å². The Kier molecular flexibility index (Phi) is 10.1. The molecule has 2 N–H and O–H groups in total. The Balaban J connectivity index is 2.72. The van der Waals surface area contributed by atoms with Gasteiger partial charge in [-0.1, -0.05) is 27.7 Å². The third-order valence-electron chi connectivity index (χ3n) is 5.09. The summed E-state index contributed by atoms with van der Waals surface area (Å²) in [6.07, 6.45) is 1.01. The number of benzene rings is 1. The van der Waals surface area contributed by atoms with Gasteiger partial charge in [0.1, 0.15) is 0 Å². The van der Waals surface area contributed by atoms with Crippen LogP contribution in [0.4, 0.5) is 10.5 Å². The Hall–Kier alpha value is -1.64. The van der Waals surface area contributed by atoms with E-state index in [9.17, 15) is 13.2 Å². The van der Waals surface area contributed by atoms with Crippen LogP contribution in [0.5, 0.6) is 0 Å². The minimum absolute atomic E-state index is 0.131. The highest BCUT2D eigenvalue weighted by molar-refractivity contribution is 7.89. The summed E-state index contributed by atoms with van der Waals surface area (Å²) in [5, 5.41) is 5.72. The van der Waals surface area contributed by atoms with Crippen molar-refractivity contribution in [3.05, 3.63) is 24.3 Å². The van der Waals surface area contributed by atoms with Crippen LogP contribution < -0.4 is 10.6 Å². The summed E-state index contributed by atoms with van der Waals surface area (Å²) < 4.78 is 26.4. The van der Waals surface area contributed by atoms with E-state index in [4.69, 9.17) is 0 Å². The highest BCUT2D eigenvalue weighted by Gasteiger charge is 2.23. The van der Waals surface area contributed by atoms with E-state index >= 15 is 0 Å². The summed E-state index contributed by atoms with van der Waals surface area (Å²) in [5.41, 5.74) is 0.553. The molecule has 0 aromatic heterocycles. The topological polar surface area (TPSA) is 81.8 Å². The maximum absolute atomic E-state index is 12.5. The molecule has 0 aliphatic heterocycles. The second kappa shape index (κ2) is 11.5. The van der Waals surface area contributed by atoms with Crippen LogP contribution in [0.2, 0.25) is 0 Å². The summed E-state index contributed by atoms with van der Waals surface area (Å²) in [5.74, 6) is 0.545.